The molecule has 0 aliphatic carbocycles. The lowest BCUT2D eigenvalue weighted by Crippen LogP contribution is -2.09. The molecule has 3 rings (SSSR count). The third-order valence-electron chi connectivity index (χ3n) is 3.82. The first-order valence-electron chi connectivity index (χ1n) is 8.61. The quantitative estimate of drug-likeness (QED) is 0.400. The van der Waals surface area contributed by atoms with Gasteiger partial charge in [0.05, 0.1) is 13.5 Å². The van der Waals surface area contributed by atoms with Crippen LogP contribution in [-0.4, -0.2) is 29.0 Å². The Balaban J connectivity index is 1.49. The van der Waals surface area contributed by atoms with Gasteiger partial charge in [0, 0.05) is 16.2 Å². The molecule has 0 N–H and O–H groups in total. The summed E-state index contributed by atoms with van der Waals surface area (Å²) in [5.41, 5.74) is 0.744. The summed E-state index contributed by atoms with van der Waals surface area (Å²) >= 11 is 1.46. The number of benzene rings is 2. The molecule has 0 saturated heterocycles. The van der Waals surface area contributed by atoms with E-state index in [1.54, 1.807) is 50.4 Å². The third kappa shape index (κ3) is 5.32. The van der Waals surface area contributed by atoms with Crippen molar-refractivity contribution in [2.75, 3.05) is 12.9 Å². The number of esters is 1. The van der Waals surface area contributed by atoms with Crippen LogP contribution < -0.4 is 4.74 Å². The van der Waals surface area contributed by atoms with Crippen molar-refractivity contribution in [2.45, 2.75) is 24.3 Å². The molecule has 1 atom stereocenters. The highest BCUT2D eigenvalue weighted by atomic mass is 32.2. The molecule has 1 aromatic heterocycles. The minimum atomic E-state index is -0.650. The molecule has 2 aromatic carbocycles. The molecule has 0 spiro atoms. The molecule has 6 nitrogen and oxygen atoms in total. The van der Waals surface area contributed by atoms with Crippen molar-refractivity contribution >= 4 is 17.7 Å². The average Bonchev–Trinajstić information content (AvgIpc) is 3.20. The summed E-state index contributed by atoms with van der Waals surface area (Å²) in [6.45, 7) is 1.68. The SMILES string of the molecule is COc1ccc(-c2nnc([C@H](C)OC(=O)CCSc3ccc(F)cc3)o2)cc1. The molecular formula is C20H19FN2O4S. The van der Waals surface area contributed by atoms with Crippen molar-refractivity contribution in [3.8, 4) is 17.2 Å². The highest BCUT2D eigenvalue weighted by Crippen LogP contribution is 2.25. The van der Waals surface area contributed by atoms with Gasteiger partial charge in [0.2, 0.25) is 5.89 Å². The van der Waals surface area contributed by atoms with E-state index in [-0.39, 0.29) is 24.1 Å². The second-order valence-corrected chi connectivity index (χ2v) is 7.03. The first kappa shape index (κ1) is 19.9. The molecule has 0 amide bonds. The minimum Gasteiger partial charge on any atom is -0.497 e. The predicted molar refractivity (Wildman–Crippen MR) is 103 cm³/mol. The van der Waals surface area contributed by atoms with Gasteiger partial charge in [-0.3, -0.25) is 4.79 Å². The molecule has 0 bridgehead atoms. The Morgan fingerprint density at radius 3 is 2.54 bits per heavy atom. The van der Waals surface area contributed by atoms with Gasteiger partial charge in [0.25, 0.3) is 5.89 Å². The topological polar surface area (TPSA) is 74.5 Å². The van der Waals surface area contributed by atoms with Gasteiger partial charge < -0.3 is 13.9 Å². The lowest BCUT2D eigenvalue weighted by molar-refractivity contribution is -0.149. The molecule has 0 fully saturated rings. The van der Waals surface area contributed by atoms with Crippen LogP contribution in [-0.2, 0) is 9.53 Å². The second-order valence-electron chi connectivity index (χ2n) is 5.86. The van der Waals surface area contributed by atoms with Crippen LogP contribution in [0.25, 0.3) is 11.5 Å². The van der Waals surface area contributed by atoms with Crippen LogP contribution in [0, 0.1) is 5.82 Å². The molecule has 3 aromatic rings. The lowest BCUT2D eigenvalue weighted by Gasteiger charge is -2.09. The van der Waals surface area contributed by atoms with E-state index in [1.165, 1.54) is 23.9 Å². The molecule has 1 heterocycles. The summed E-state index contributed by atoms with van der Waals surface area (Å²) in [4.78, 5) is 12.9. The zero-order valence-corrected chi connectivity index (χ0v) is 16.2. The Morgan fingerprint density at radius 1 is 1.14 bits per heavy atom. The maximum atomic E-state index is 12.9. The number of ether oxygens (including phenoxy) is 2. The van der Waals surface area contributed by atoms with E-state index in [1.807, 2.05) is 0 Å². The van der Waals surface area contributed by atoms with Gasteiger partial charge in [-0.15, -0.1) is 22.0 Å². The Hall–Kier alpha value is -2.87. The molecule has 8 heteroatoms. The smallest absolute Gasteiger partial charge is 0.307 e. The molecule has 0 aliphatic heterocycles. The van der Waals surface area contributed by atoms with E-state index in [2.05, 4.69) is 10.2 Å². The van der Waals surface area contributed by atoms with Gasteiger partial charge in [-0.1, -0.05) is 0 Å². The van der Waals surface area contributed by atoms with Crippen LogP contribution in [0.1, 0.15) is 25.3 Å². The number of hydrogen-bond acceptors (Lipinski definition) is 7. The maximum absolute atomic E-state index is 12.9. The van der Waals surface area contributed by atoms with Crippen LogP contribution in [0.15, 0.2) is 57.8 Å². The Morgan fingerprint density at radius 2 is 1.86 bits per heavy atom. The normalized spacial score (nSPS) is 11.8. The first-order valence-corrected chi connectivity index (χ1v) is 9.59. The van der Waals surface area contributed by atoms with Crippen molar-refractivity contribution in [1.82, 2.24) is 10.2 Å². The summed E-state index contributed by atoms with van der Waals surface area (Å²) in [5, 5.41) is 7.95. The second kappa shape index (κ2) is 9.36. The van der Waals surface area contributed by atoms with Gasteiger partial charge in [0.1, 0.15) is 11.6 Å². The molecular weight excluding hydrogens is 383 g/mol. The molecule has 28 heavy (non-hydrogen) atoms. The Bertz CT molecular complexity index is 913. The number of thioether (sulfide) groups is 1. The fourth-order valence-corrected chi connectivity index (χ4v) is 3.17. The number of methoxy groups -OCH3 is 1. The van der Waals surface area contributed by atoms with Gasteiger partial charge in [-0.2, -0.15) is 0 Å². The number of carbonyl (C=O) groups is 1. The van der Waals surface area contributed by atoms with E-state index >= 15 is 0 Å². The molecule has 0 unspecified atom stereocenters. The lowest BCUT2D eigenvalue weighted by atomic mass is 10.2. The van der Waals surface area contributed by atoms with Gasteiger partial charge >= 0.3 is 5.97 Å². The standard InChI is InChI=1S/C20H19FN2O4S/c1-13(26-18(24)11-12-28-17-9-5-15(21)6-10-17)19-22-23-20(27-19)14-3-7-16(25-2)8-4-14/h3-10,13H,11-12H2,1-2H3/t13-/m0/s1. The summed E-state index contributed by atoms with van der Waals surface area (Å²) in [6.07, 6.45) is -0.436. The predicted octanol–water partition coefficient (Wildman–Crippen LogP) is 4.67. The van der Waals surface area contributed by atoms with Crippen LogP contribution in [0.4, 0.5) is 4.39 Å². The van der Waals surface area contributed by atoms with Crippen molar-refractivity contribution in [3.63, 3.8) is 0 Å². The van der Waals surface area contributed by atoms with Crippen molar-refractivity contribution < 1.29 is 23.1 Å². The molecule has 0 radical (unpaired) electrons. The molecule has 146 valence electrons. The summed E-state index contributed by atoms with van der Waals surface area (Å²) in [5.74, 6) is 1.16. The first-order chi connectivity index (χ1) is 13.5. The Kier molecular flexibility index (Phi) is 6.65. The minimum absolute atomic E-state index is 0.214. The number of nitrogens with zero attached hydrogens (tertiary/aromatic N) is 2. The van der Waals surface area contributed by atoms with E-state index in [0.29, 0.717) is 11.6 Å². The van der Waals surface area contributed by atoms with E-state index in [0.717, 1.165) is 16.2 Å². The summed E-state index contributed by atoms with van der Waals surface area (Å²) in [6, 6.07) is 13.3. The monoisotopic (exact) mass is 402 g/mol. The highest BCUT2D eigenvalue weighted by Gasteiger charge is 2.19. The zero-order chi connectivity index (χ0) is 19.9. The molecule has 0 saturated carbocycles. The average molecular weight is 402 g/mol. The van der Waals surface area contributed by atoms with E-state index in [9.17, 15) is 9.18 Å². The fraction of sp³-hybridized carbons (Fsp3) is 0.250. The van der Waals surface area contributed by atoms with E-state index in [4.69, 9.17) is 13.9 Å². The molecule has 0 aliphatic rings. The largest absolute Gasteiger partial charge is 0.497 e. The number of hydrogen-bond donors (Lipinski definition) is 0. The summed E-state index contributed by atoms with van der Waals surface area (Å²) < 4.78 is 29.0. The highest BCUT2D eigenvalue weighted by molar-refractivity contribution is 7.99. The zero-order valence-electron chi connectivity index (χ0n) is 15.4. The Labute approximate surface area is 166 Å². The number of halogens is 1. The number of carbonyl (C=O) groups excluding carboxylic acids is 1. The van der Waals surface area contributed by atoms with Crippen molar-refractivity contribution in [2.24, 2.45) is 0 Å². The van der Waals surface area contributed by atoms with E-state index < -0.39 is 6.10 Å². The van der Waals surface area contributed by atoms with Crippen LogP contribution in [0.2, 0.25) is 0 Å². The number of aromatic nitrogens is 2. The number of rotatable bonds is 8. The van der Waals surface area contributed by atoms with Crippen molar-refractivity contribution in [3.05, 3.63) is 60.2 Å². The van der Waals surface area contributed by atoms with Crippen LogP contribution in [0.5, 0.6) is 5.75 Å². The van der Waals surface area contributed by atoms with Crippen LogP contribution in [0.3, 0.4) is 0 Å². The summed E-state index contributed by atoms with van der Waals surface area (Å²) in [7, 11) is 1.59. The third-order valence-corrected chi connectivity index (χ3v) is 4.84. The maximum Gasteiger partial charge on any atom is 0.307 e. The van der Waals surface area contributed by atoms with Crippen molar-refractivity contribution in [1.29, 1.82) is 0 Å². The van der Waals surface area contributed by atoms with Crippen LogP contribution >= 0.6 is 11.8 Å². The van der Waals surface area contributed by atoms with Gasteiger partial charge in [0.15, 0.2) is 6.10 Å². The van der Waals surface area contributed by atoms with Gasteiger partial charge in [-0.25, -0.2) is 4.39 Å². The van der Waals surface area contributed by atoms with Gasteiger partial charge in [-0.05, 0) is 55.5 Å². The fourth-order valence-electron chi connectivity index (χ4n) is 2.34.